The SMILES string of the molecule is CCC(C)N(CC(=O)N1CCc2sccc2C1c1ccc(C)cc1)C(=O)C1CCCCC1. The summed E-state index contributed by atoms with van der Waals surface area (Å²) in [7, 11) is 0. The Kier molecular flexibility index (Phi) is 7.34. The summed E-state index contributed by atoms with van der Waals surface area (Å²) < 4.78 is 0. The van der Waals surface area contributed by atoms with Crippen LogP contribution in [-0.2, 0) is 16.0 Å². The first-order chi connectivity index (χ1) is 15.5. The van der Waals surface area contributed by atoms with Gasteiger partial charge in [0.25, 0.3) is 0 Å². The van der Waals surface area contributed by atoms with Crippen LogP contribution in [0.5, 0.6) is 0 Å². The van der Waals surface area contributed by atoms with Crippen LogP contribution in [-0.4, -0.2) is 40.7 Å². The molecule has 0 saturated heterocycles. The van der Waals surface area contributed by atoms with E-state index in [4.69, 9.17) is 0 Å². The molecule has 2 amide bonds. The highest BCUT2D eigenvalue weighted by Crippen LogP contribution is 2.38. The highest BCUT2D eigenvalue weighted by molar-refractivity contribution is 7.10. The predicted molar refractivity (Wildman–Crippen MR) is 131 cm³/mol. The van der Waals surface area contributed by atoms with Gasteiger partial charge >= 0.3 is 0 Å². The molecule has 2 atom stereocenters. The minimum atomic E-state index is -0.0679. The molecule has 1 aromatic heterocycles. The molecule has 1 aliphatic carbocycles. The summed E-state index contributed by atoms with van der Waals surface area (Å²) in [5.41, 5.74) is 3.61. The molecule has 0 N–H and O–H groups in total. The van der Waals surface area contributed by atoms with Gasteiger partial charge in [-0.2, -0.15) is 0 Å². The van der Waals surface area contributed by atoms with Gasteiger partial charge in [0.1, 0.15) is 6.54 Å². The maximum atomic E-state index is 13.7. The minimum Gasteiger partial charge on any atom is -0.330 e. The molecule has 5 heteroatoms. The van der Waals surface area contributed by atoms with Crippen molar-refractivity contribution in [3.8, 4) is 0 Å². The molecule has 1 aliphatic heterocycles. The fourth-order valence-electron chi connectivity index (χ4n) is 5.19. The summed E-state index contributed by atoms with van der Waals surface area (Å²) in [6.45, 7) is 7.16. The van der Waals surface area contributed by atoms with Crippen LogP contribution >= 0.6 is 11.3 Å². The van der Waals surface area contributed by atoms with Crippen molar-refractivity contribution in [2.45, 2.75) is 77.8 Å². The maximum Gasteiger partial charge on any atom is 0.243 e. The normalized spacial score (nSPS) is 20.0. The summed E-state index contributed by atoms with van der Waals surface area (Å²) in [6, 6.07) is 10.7. The van der Waals surface area contributed by atoms with Gasteiger partial charge in [0.05, 0.1) is 6.04 Å². The summed E-state index contributed by atoms with van der Waals surface area (Å²) in [5.74, 6) is 0.340. The Bertz CT molecular complexity index is 929. The van der Waals surface area contributed by atoms with Crippen molar-refractivity contribution in [3.05, 3.63) is 57.3 Å². The first-order valence-corrected chi connectivity index (χ1v) is 13.1. The summed E-state index contributed by atoms with van der Waals surface area (Å²) >= 11 is 1.78. The molecule has 1 saturated carbocycles. The average molecular weight is 453 g/mol. The Morgan fingerprint density at radius 2 is 1.84 bits per heavy atom. The van der Waals surface area contributed by atoms with E-state index < -0.39 is 0 Å². The Balaban J connectivity index is 1.59. The molecule has 2 aromatic rings. The van der Waals surface area contributed by atoms with Crippen molar-refractivity contribution in [2.24, 2.45) is 5.92 Å². The van der Waals surface area contributed by atoms with Crippen LogP contribution in [0, 0.1) is 12.8 Å². The Hall–Kier alpha value is -2.14. The monoisotopic (exact) mass is 452 g/mol. The molecule has 172 valence electrons. The van der Waals surface area contributed by atoms with E-state index in [9.17, 15) is 9.59 Å². The van der Waals surface area contributed by atoms with E-state index in [-0.39, 0.29) is 36.4 Å². The number of nitrogens with zero attached hydrogens (tertiary/aromatic N) is 2. The molecule has 4 rings (SSSR count). The number of carbonyl (C=O) groups is 2. The van der Waals surface area contributed by atoms with Gasteiger partial charge < -0.3 is 9.80 Å². The lowest BCUT2D eigenvalue weighted by Crippen LogP contribution is -2.50. The molecule has 0 bridgehead atoms. The fourth-order valence-corrected chi connectivity index (χ4v) is 6.09. The Morgan fingerprint density at radius 1 is 1.12 bits per heavy atom. The predicted octanol–water partition coefficient (Wildman–Crippen LogP) is 5.74. The number of thiophene rings is 1. The van der Waals surface area contributed by atoms with Crippen molar-refractivity contribution < 1.29 is 9.59 Å². The molecule has 0 spiro atoms. The summed E-state index contributed by atoms with van der Waals surface area (Å²) in [5, 5.41) is 2.14. The van der Waals surface area contributed by atoms with Crippen LogP contribution in [0.25, 0.3) is 0 Å². The van der Waals surface area contributed by atoms with Gasteiger partial charge in [-0.25, -0.2) is 0 Å². The molecule has 4 nitrogen and oxygen atoms in total. The van der Waals surface area contributed by atoms with E-state index in [1.54, 1.807) is 11.3 Å². The fraction of sp³-hybridized carbons (Fsp3) is 0.556. The quantitative estimate of drug-likeness (QED) is 0.561. The Labute approximate surface area is 196 Å². The molecule has 0 radical (unpaired) electrons. The number of hydrogen-bond donors (Lipinski definition) is 0. The molecule has 1 aromatic carbocycles. The highest BCUT2D eigenvalue weighted by atomic mass is 32.1. The number of hydrogen-bond acceptors (Lipinski definition) is 3. The molecule has 2 unspecified atom stereocenters. The number of aryl methyl sites for hydroxylation is 1. The molecule has 2 heterocycles. The lowest BCUT2D eigenvalue weighted by molar-refractivity contribution is -0.146. The van der Waals surface area contributed by atoms with Crippen LogP contribution in [0.2, 0.25) is 0 Å². The van der Waals surface area contributed by atoms with E-state index in [1.165, 1.54) is 22.4 Å². The topological polar surface area (TPSA) is 40.6 Å². The van der Waals surface area contributed by atoms with E-state index >= 15 is 0 Å². The van der Waals surface area contributed by atoms with Gasteiger partial charge in [-0.15, -0.1) is 11.3 Å². The molecular formula is C27H36N2O2S. The van der Waals surface area contributed by atoms with E-state index in [2.05, 4.69) is 56.5 Å². The standard InChI is InChI=1S/C27H36N2O2S/c1-4-20(3)29(27(31)22-8-6-5-7-9-22)18-25(30)28-16-14-24-23(15-17-32-24)26(28)21-12-10-19(2)11-13-21/h10-13,15,17,20,22,26H,4-9,14,16,18H2,1-3H3. The van der Waals surface area contributed by atoms with Gasteiger partial charge in [-0.3, -0.25) is 9.59 Å². The summed E-state index contributed by atoms with van der Waals surface area (Å²) in [6.07, 6.45) is 7.16. The minimum absolute atomic E-state index is 0.0666. The van der Waals surface area contributed by atoms with Crippen LogP contribution in [0.1, 0.15) is 80.0 Å². The van der Waals surface area contributed by atoms with E-state index in [0.717, 1.165) is 44.1 Å². The van der Waals surface area contributed by atoms with Crippen LogP contribution in [0.4, 0.5) is 0 Å². The van der Waals surface area contributed by atoms with Gasteiger partial charge in [-0.1, -0.05) is 56.0 Å². The molecule has 2 aliphatic rings. The van der Waals surface area contributed by atoms with Crippen molar-refractivity contribution in [1.29, 1.82) is 0 Å². The van der Waals surface area contributed by atoms with Gasteiger partial charge in [-0.05, 0) is 62.1 Å². The number of benzene rings is 1. The first kappa shape index (κ1) is 23.0. The molecular weight excluding hydrogens is 416 g/mol. The number of carbonyl (C=O) groups excluding carboxylic acids is 2. The van der Waals surface area contributed by atoms with Gasteiger partial charge in [0.15, 0.2) is 0 Å². The largest absolute Gasteiger partial charge is 0.330 e. The smallest absolute Gasteiger partial charge is 0.243 e. The highest BCUT2D eigenvalue weighted by Gasteiger charge is 2.36. The second-order valence-electron chi connectivity index (χ2n) is 9.51. The molecule has 32 heavy (non-hydrogen) atoms. The zero-order valence-electron chi connectivity index (χ0n) is 19.7. The number of fused-ring (bicyclic) bond motifs is 1. The zero-order chi connectivity index (χ0) is 22.7. The first-order valence-electron chi connectivity index (χ1n) is 12.2. The third kappa shape index (κ3) is 4.78. The van der Waals surface area contributed by atoms with Crippen molar-refractivity contribution in [2.75, 3.05) is 13.1 Å². The zero-order valence-corrected chi connectivity index (χ0v) is 20.5. The lowest BCUT2D eigenvalue weighted by atomic mass is 9.88. The van der Waals surface area contributed by atoms with Crippen LogP contribution < -0.4 is 0 Å². The molecule has 1 fully saturated rings. The van der Waals surface area contributed by atoms with Crippen molar-refractivity contribution in [1.82, 2.24) is 9.80 Å². The lowest BCUT2D eigenvalue weighted by Gasteiger charge is -2.39. The van der Waals surface area contributed by atoms with Crippen molar-refractivity contribution >= 4 is 23.2 Å². The number of rotatable bonds is 6. The van der Waals surface area contributed by atoms with E-state index in [1.807, 2.05) is 9.80 Å². The second-order valence-corrected chi connectivity index (χ2v) is 10.5. The third-order valence-electron chi connectivity index (χ3n) is 7.35. The van der Waals surface area contributed by atoms with Crippen LogP contribution in [0.3, 0.4) is 0 Å². The number of amides is 2. The third-order valence-corrected chi connectivity index (χ3v) is 8.34. The average Bonchev–Trinajstić information content (AvgIpc) is 3.31. The van der Waals surface area contributed by atoms with Gasteiger partial charge in [0.2, 0.25) is 11.8 Å². The Morgan fingerprint density at radius 3 is 2.53 bits per heavy atom. The van der Waals surface area contributed by atoms with Crippen molar-refractivity contribution in [3.63, 3.8) is 0 Å². The van der Waals surface area contributed by atoms with Crippen LogP contribution in [0.15, 0.2) is 35.7 Å². The summed E-state index contributed by atoms with van der Waals surface area (Å²) in [4.78, 5) is 32.4. The van der Waals surface area contributed by atoms with Gasteiger partial charge in [0, 0.05) is 23.4 Å². The second kappa shape index (κ2) is 10.2. The maximum absolute atomic E-state index is 13.7. The van der Waals surface area contributed by atoms with E-state index in [0.29, 0.717) is 6.54 Å².